The van der Waals surface area contributed by atoms with Crippen molar-refractivity contribution in [1.82, 2.24) is 15.0 Å². The molecule has 2 N–H and O–H groups in total. The Bertz CT molecular complexity index is 739. The lowest BCUT2D eigenvalue weighted by atomic mass is 10.1. The van der Waals surface area contributed by atoms with E-state index in [1.54, 1.807) is 6.20 Å². The Morgan fingerprint density at radius 1 is 1.18 bits per heavy atom. The van der Waals surface area contributed by atoms with Crippen LogP contribution < -0.4 is 5.32 Å². The van der Waals surface area contributed by atoms with E-state index in [1.165, 1.54) is 0 Å². The Morgan fingerprint density at radius 2 is 1.86 bits per heavy atom. The highest BCUT2D eigenvalue weighted by molar-refractivity contribution is 6.02. The number of aryl methyl sites for hydroxylation is 1. The third-order valence-corrected chi connectivity index (χ3v) is 3.53. The van der Waals surface area contributed by atoms with Gasteiger partial charge in [-0.05, 0) is 37.3 Å². The van der Waals surface area contributed by atoms with E-state index in [1.807, 2.05) is 13.0 Å². The molecule has 3 rings (SSSR count). The van der Waals surface area contributed by atoms with Crippen LogP contribution in [0.15, 0.2) is 24.7 Å². The number of rotatable bonds is 4. The van der Waals surface area contributed by atoms with E-state index in [9.17, 15) is 9.59 Å². The van der Waals surface area contributed by atoms with Crippen LogP contribution in [0.5, 0.6) is 0 Å². The molecular formula is C15H14N4O3. The van der Waals surface area contributed by atoms with Crippen molar-refractivity contribution in [2.75, 3.05) is 5.32 Å². The van der Waals surface area contributed by atoms with Gasteiger partial charge in [0.15, 0.2) is 5.69 Å². The van der Waals surface area contributed by atoms with Gasteiger partial charge < -0.3 is 10.4 Å². The summed E-state index contributed by atoms with van der Waals surface area (Å²) in [5.74, 6) is -0.652. The lowest BCUT2D eigenvalue weighted by molar-refractivity contribution is 0.0689. The van der Waals surface area contributed by atoms with Gasteiger partial charge in [-0.1, -0.05) is 0 Å². The number of amides is 1. The van der Waals surface area contributed by atoms with Crippen LogP contribution in [-0.2, 0) is 0 Å². The largest absolute Gasteiger partial charge is 0.476 e. The fraction of sp³-hybridized carbons (Fsp3) is 0.267. The predicted molar refractivity (Wildman–Crippen MR) is 77.9 cm³/mol. The molecule has 0 aromatic carbocycles. The van der Waals surface area contributed by atoms with Gasteiger partial charge in [0.05, 0.1) is 12.4 Å². The predicted octanol–water partition coefficient (Wildman–Crippen LogP) is 2.01. The van der Waals surface area contributed by atoms with E-state index in [2.05, 4.69) is 20.3 Å². The van der Waals surface area contributed by atoms with Crippen molar-refractivity contribution in [2.24, 2.45) is 0 Å². The molecular weight excluding hydrogens is 284 g/mol. The normalized spacial score (nSPS) is 13.7. The van der Waals surface area contributed by atoms with Gasteiger partial charge in [-0.3, -0.25) is 4.79 Å². The molecule has 0 aliphatic heterocycles. The van der Waals surface area contributed by atoms with E-state index >= 15 is 0 Å². The fourth-order valence-electron chi connectivity index (χ4n) is 2.28. The minimum absolute atomic E-state index is 0.0510. The zero-order valence-corrected chi connectivity index (χ0v) is 11.9. The number of carbonyl (C=O) groups is 2. The molecule has 0 unspecified atom stereocenters. The smallest absolute Gasteiger partial charge is 0.356 e. The second-order valence-corrected chi connectivity index (χ2v) is 5.21. The summed E-state index contributed by atoms with van der Waals surface area (Å²) in [6.45, 7) is 1.99. The van der Waals surface area contributed by atoms with Crippen LogP contribution in [0, 0.1) is 6.92 Å². The number of carboxylic acid groups (broad SMARTS) is 1. The molecule has 1 saturated carbocycles. The molecule has 2 heterocycles. The van der Waals surface area contributed by atoms with Crippen molar-refractivity contribution in [3.05, 3.63) is 47.2 Å². The van der Waals surface area contributed by atoms with Crippen molar-refractivity contribution in [1.29, 1.82) is 0 Å². The summed E-state index contributed by atoms with van der Waals surface area (Å²) in [6, 6.07) is 1.92. The SMILES string of the molecule is Cc1ccnc(NC(=O)c2cnc(C(=O)O)cn2)c1C1CC1. The first-order valence-corrected chi connectivity index (χ1v) is 6.88. The Balaban J connectivity index is 1.82. The Hall–Kier alpha value is -2.83. The average molecular weight is 298 g/mol. The molecule has 7 nitrogen and oxygen atoms in total. The lowest BCUT2D eigenvalue weighted by Gasteiger charge is -2.11. The van der Waals surface area contributed by atoms with Crippen molar-refractivity contribution < 1.29 is 14.7 Å². The second-order valence-electron chi connectivity index (χ2n) is 5.21. The molecule has 0 saturated heterocycles. The summed E-state index contributed by atoms with van der Waals surface area (Å²) in [5, 5.41) is 11.5. The summed E-state index contributed by atoms with van der Waals surface area (Å²) in [7, 11) is 0. The number of carbonyl (C=O) groups excluding carboxylic acids is 1. The minimum atomic E-state index is -1.18. The lowest BCUT2D eigenvalue weighted by Crippen LogP contribution is -2.17. The molecule has 0 atom stereocenters. The topological polar surface area (TPSA) is 105 Å². The highest BCUT2D eigenvalue weighted by atomic mass is 16.4. The maximum Gasteiger partial charge on any atom is 0.356 e. The van der Waals surface area contributed by atoms with Gasteiger partial charge in [0.1, 0.15) is 11.5 Å². The minimum Gasteiger partial charge on any atom is -0.476 e. The number of pyridine rings is 1. The van der Waals surface area contributed by atoms with Gasteiger partial charge in [0.25, 0.3) is 5.91 Å². The number of aromatic nitrogens is 3. The highest BCUT2D eigenvalue weighted by Crippen LogP contribution is 2.44. The second kappa shape index (κ2) is 5.51. The Labute approximate surface area is 126 Å². The highest BCUT2D eigenvalue weighted by Gasteiger charge is 2.29. The van der Waals surface area contributed by atoms with E-state index in [4.69, 9.17) is 5.11 Å². The first-order valence-electron chi connectivity index (χ1n) is 6.88. The van der Waals surface area contributed by atoms with Gasteiger partial charge in [-0.15, -0.1) is 0 Å². The molecule has 0 spiro atoms. The number of carboxylic acids is 1. The van der Waals surface area contributed by atoms with Gasteiger partial charge in [0.2, 0.25) is 0 Å². The van der Waals surface area contributed by atoms with Crippen LogP contribution in [0.3, 0.4) is 0 Å². The number of hydrogen-bond donors (Lipinski definition) is 2. The van der Waals surface area contributed by atoms with E-state index < -0.39 is 11.9 Å². The molecule has 112 valence electrons. The summed E-state index contributed by atoms with van der Waals surface area (Å²) < 4.78 is 0. The number of aromatic carboxylic acids is 1. The van der Waals surface area contributed by atoms with Gasteiger partial charge >= 0.3 is 5.97 Å². The summed E-state index contributed by atoms with van der Waals surface area (Å²) in [5.41, 5.74) is 2.00. The van der Waals surface area contributed by atoms with Crippen molar-refractivity contribution in [3.63, 3.8) is 0 Å². The molecule has 1 aliphatic carbocycles. The molecule has 2 aromatic rings. The molecule has 1 fully saturated rings. The third kappa shape index (κ3) is 2.78. The number of hydrogen-bond acceptors (Lipinski definition) is 5. The number of nitrogens with zero attached hydrogens (tertiary/aromatic N) is 3. The van der Waals surface area contributed by atoms with E-state index in [0.717, 1.165) is 36.4 Å². The molecule has 0 bridgehead atoms. The zero-order valence-electron chi connectivity index (χ0n) is 11.9. The molecule has 1 amide bonds. The van der Waals surface area contributed by atoms with Crippen LogP contribution in [0.1, 0.15) is 50.9 Å². The fourth-order valence-corrected chi connectivity index (χ4v) is 2.28. The van der Waals surface area contributed by atoms with Crippen LogP contribution in [0.25, 0.3) is 0 Å². The van der Waals surface area contributed by atoms with Crippen LogP contribution in [0.2, 0.25) is 0 Å². The molecule has 7 heteroatoms. The quantitative estimate of drug-likeness (QED) is 0.894. The molecule has 0 radical (unpaired) electrons. The van der Waals surface area contributed by atoms with Crippen molar-refractivity contribution in [3.8, 4) is 0 Å². The molecule has 2 aromatic heterocycles. The van der Waals surface area contributed by atoms with Crippen LogP contribution in [0.4, 0.5) is 5.82 Å². The van der Waals surface area contributed by atoms with Crippen LogP contribution >= 0.6 is 0 Å². The number of anilines is 1. The summed E-state index contributed by atoms with van der Waals surface area (Å²) in [6.07, 6.45) is 6.05. The van der Waals surface area contributed by atoms with Crippen molar-refractivity contribution >= 4 is 17.7 Å². The van der Waals surface area contributed by atoms with Gasteiger partial charge in [-0.25, -0.2) is 19.7 Å². The maximum atomic E-state index is 12.2. The maximum absolute atomic E-state index is 12.2. The first-order chi connectivity index (χ1) is 10.6. The van der Waals surface area contributed by atoms with Crippen molar-refractivity contribution in [2.45, 2.75) is 25.7 Å². The molecule has 22 heavy (non-hydrogen) atoms. The Morgan fingerprint density at radius 3 is 2.45 bits per heavy atom. The summed E-state index contributed by atoms with van der Waals surface area (Å²) in [4.78, 5) is 34.7. The number of nitrogens with one attached hydrogen (secondary N) is 1. The Kier molecular flexibility index (Phi) is 3.54. The van der Waals surface area contributed by atoms with Gasteiger partial charge in [-0.2, -0.15) is 0 Å². The third-order valence-electron chi connectivity index (χ3n) is 3.53. The first kappa shape index (κ1) is 14.1. The van der Waals surface area contributed by atoms with Gasteiger partial charge in [0, 0.05) is 11.8 Å². The average Bonchev–Trinajstić information content (AvgIpc) is 3.32. The van der Waals surface area contributed by atoms with E-state index in [0.29, 0.717) is 11.7 Å². The van der Waals surface area contributed by atoms with E-state index in [-0.39, 0.29) is 11.4 Å². The summed E-state index contributed by atoms with van der Waals surface area (Å²) >= 11 is 0. The molecule has 1 aliphatic rings. The standard InChI is InChI=1S/C15H14N4O3/c1-8-4-5-16-13(12(8)9-2-3-9)19-14(20)10-6-18-11(7-17-10)15(21)22/h4-7,9H,2-3H2,1H3,(H,21,22)(H,16,19,20). The van der Waals surface area contributed by atoms with Crippen LogP contribution in [-0.4, -0.2) is 31.9 Å². The zero-order chi connectivity index (χ0) is 15.7. The monoisotopic (exact) mass is 298 g/mol.